The fourth-order valence-corrected chi connectivity index (χ4v) is 3.54. The molecule has 2 amide bonds. The fourth-order valence-electron chi connectivity index (χ4n) is 2.96. The van der Waals surface area contributed by atoms with Crippen molar-refractivity contribution in [3.05, 3.63) is 42.7 Å². The number of hydrogen-bond donors (Lipinski definition) is 1. The van der Waals surface area contributed by atoms with Crippen LogP contribution in [-0.2, 0) is 0 Å². The van der Waals surface area contributed by atoms with Gasteiger partial charge < -0.3 is 9.64 Å². The van der Waals surface area contributed by atoms with E-state index in [1.807, 2.05) is 41.2 Å². The highest BCUT2D eigenvalue weighted by molar-refractivity contribution is 7.10. The summed E-state index contributed by atoms with van der Waals surface area (Å²) in [6.45, 7) is 1.33. The molecule has 9 heteroatoms. The summed E-state index contributed by atoms with van der Waals surface area (Å²) >= 11 is 1.17. The quantitative estimate of drug-likeness (QED) is 0.763. The van der Waals surface area contributed by atoms with Crippen LogP contribution in [0, 0.1) is 0 Å². The van der Waals surface area contributed by atoms with Crippen molar-refractivity contribution in [2.45, 2.75) is 12.5 Å². The lowest BCUT2D eigenvalue weighted by atomic mass is 10.2. The molecule has 1 saturated heterocycles. The molecule has 1 fully saturated rings. The zero-order valence-electron chi connectivity index (χ0n) is 14.2. The lowest BCUT2D eigenvalue weighted by molar-refractivity contribution is 0.220. The maximum Gasteiger partial charge on any atom is 0.323 e. The van der Waals surface area contributed by atoms with E-state index in [1.165, 1.54) is 11.5 Å². The van der Waals surface area contributed by atoms with Gasteiger partial charge in [0.25, 0.3) is 0 Å². The molecule has 3 aromatic rings. The predicted octanol–water partition coefficient (Wildman–Crippen LogP) is 2.89. The van der Waals surface area contributed by atoms with Gasteiger partial charge in [0.15, 0.2) is 5.82 Å². The molecule has 1 atom stereocenters. The van der Waals surface area contributed by atoms with Gasteiger partial charge in [-0.25, -0.2) is 4.79 Å². The van der Waals surface area contributed by atoms with Gasteiger partial charge in [0.1, 0.15) is 5.75 Å². The zero-order valence-corrected chi connectivity index (χ0v) is 15.0. The van der Waals surface area contributed by atoms with Gasteiger partial charge in [0.2, 0.25) is 5.13 Å². The van der Waals surface area contributed by atoms with Crippen molar-refractivity contribution in [3.8, 4) is 17.1 Å². The number of carbonyl (C=O) groups excluding carboxylic acids is 1. The lowest BCUT2D eigenvalue weighted by Crippen LogP contribution is -2.33. The van der Waals surface area contributed by atoms with Crippen LogP contribution in [0.3, 0.4) is 0 Å². The zero-order chi connectivity index (χ0) is 17.9. The van der Waals surface area contributed by atoms with Gasteiger partial charge in [-0.1, -0.05) is 12.1 Å². The van der Waals surface area contributed by atoms with Crippen LogP contribution in [-0.4, -0.2) is 50.3 Å². The van der Waals surface area contributed by atoms with E-state index in [2.05, 4.69) is 19.8 Å². The molecule has 0 radical (unpaired) electrons. The van der Waals surface area contributed by atoms with Crippen molar-refractivity contribution in [2.24, 2.45) is 0 Å². The number of nitrogens with one attached hydrogen (secondary N) is 1. The molecule has 1 aliphatic heterocycles. The summed E-state index contributed by atoms with van der Waals surface area (Å²) in [5.41, 5.74) is 0.848. The minimum absolute atomic E-state index is 0.159. The maximum atomic E-state index is 12.5. The SMILES string of the molecule is COc1cccc(-c2nsc(NC(=O)N3CCC(n4cccn4)C3)n2)c1. The van der Waals surface area contributed by atoms with Gasteiger partial charge in [-0.2, -0.15) is 14.5 Å². The molecule has 134 valence electrons. The smallest absolute Gasteiger partial charge is 0.323 e. The highest BCUT2D eigenvalue weighted by Crippen LogP contribution is 2.25. The Kier molecular flexibility index (Phi) is 4.53. The molecule has 1 unspecified atom stereocenters. The van der Waals surface area contributed by atoms with Crippen LogP contribution in [0.2, 0.25) is 0 Å². The molecule has 0 spiro atoms. The Morgan fingerprint density at radius 1 is 1.38 bits per heavy atom. The van der Waals surface area contributed by atoms with E-state index >= 15 is 0 Å². The number of ether oxygens (including phenoxy) is 1. The summed E-state index contributed by atoms with van der Waals surface area (Å²) in [5.74, 6) is 1.31. The number of hydrogen-bond acceptors (Lipinski definition) is 6. The number of methoxy groups -OCH3 is 1. The molecule has 1 N–H and O–H groups in total. The molecule has 0 bridgehead atoms. The number of nitrogens with zero attached hydrogens (tertiary/aromatic N) is 5. The first-order chi connectivity index (χ1) is 12.7. The highest BCUT2D eigenvalue weighted by Gasteiger charge is 2.28. The van der Waals surface area contributed by atoms with Gasteiger partial charge in [0, 0.05) is 42.6 Å². The number of rotatable bonds is 4. The molecule has 1 aromatic carbocycles. The summed E-state index contributed by atoms with van der Waals surface area (Å²) in [6.07, 6.45) is 4.57. The van der Waals surface area contributed by atoms with Gasteiger partial charge in [-0.3, -0.25) is 10.00 Å². The molecule has 26 heavy (non-hydrogen) atoms. The standard InChI is InChI=1S/C17H18N6O2S/c1-25-14-5-2-4-12(10-14)15-19-16(26-21-15)20-17(24)22-9-6-13(11-22)23-8-3-7-18-23/h2-5,7-8,10,13H,6,9,11H2,1H3,(H,19,20,21,24). The van der Waals surface area contributed by atoms with Gasteiger partial charge in [0.05, 0.1) is 13.2 Å². The van der Waals surface area contributed by atoms with Crippen molar-refractivity contribution >= 4 is 22.7 Å². The monoisotopic (exact) mass is 370 g/mol. The van der Waals surface area contributed by atoms with Crippen LogP contribution in [0.15, 0.2) is 42.7 Å². The van der Waals surface area contributed by atoms with Crippen molar-refractivity contribution in [3.63, 3.8) is 0 Å². The van der Waals surface area contributed by atoms with Gasteiger partial charge >= 0.3 is 6.03 Å². The second kappa shape index (κ2) is 7.12. The number of aromatic nitrogens is 4. The Labute approximate surface area is 154 Å². The van der Waals surface area contributed by atoms with E-state index in [4.69, 9.17) is 4.74 Å². The molecular formula is C17H18N6O2S. The van der Waals surface area contributed by atoms with Gasteiger partial charge in [-0.05, 0) is 24.6 Å². The Balaban J connectivity index is 1.40. The Bertz CT molecular complexity index is 894. The average molecular weight is 370 g/mol. The third kappa shape index (κ3) is 3.38. The average Bonchev–Trinajstić information content (AvgIpc) is 3.41. The Morgan fingerprint density at radius 3 is 3.12 bits per heavy atom. The number of benzene rings is 1. The molecular weight excluding hydrogens is 352 g/mol. The first-order valence-electron chi connectivity index (χ1n) is 8.26. The van der Waals surface area contributed by atoms with E-state index in [0.717, 1.165) is 17.7 Å². The minimum atomic E-state index is -0.159. The first kappa shape index (κ1) is 16.5. The Hall–Kier alpha value is -2.94. The van der Waals surface area contributed by atoms with Crippen LogP contribution in [0.1, 0.15) is 12.5 Å². The molecule has 0 aliphatic carbocycles. The molecule has 1 aliphatic rings. The summed E-state index contributed by atoms with van der Waals surface area (Å²) < 4.78 is 11.4. The third-order valence-corrected chi connectivity index (χ3v) is 4.95. The van der Waals surface area contributed by atoms with Crippen LogP contribution in [0.25, 0.3) is 11.4 Å². The van der Waals surface area contributed by atoms with Crippen LogP contribution < -0.4 is 10.1 Å². The molecule has 3 heterocycles. The topological polar surface area (TPSA) is 85.2 Å². The number of urea groups is 1. The second-order valence-corrected chi connectivity index (χ2v) is 6.71. The second-order valence-electron chi connectivity index (χ2n) is 5.96. The van der Waals surface area contributed by atoms with Gasteiger partial charge in [-0.15, -0.1) is 0 Å². The largest absolute Gasteiger partial charge is 0.497 e. The Morgan fingerprint density at radius 2 is 2.31 bits per heavy atom. The summed E-state index contributed by atoms with van der Waals surface area (Å²) in [6, 6.07) is 9.47. The number of anilines is 1. The van der Waals surface area contributed by atoms with E-state index in [0.29, 0.717) is 24.0 Å². The highest BCUT2D eigenvalue weighted by atomic mass is 32.1. The number of likely N-dealkylation sites (tertiary alicyclic amines) is 1. The molecule has 2 aromatic heterocycles. The van der Waals surface area contributed by atoms with E-state index < -0.39 is 0 Å². The first-order valence-corrected chi connectivity index (χ1v) is 9.03. The minimum Gasteiger partial charge on any atom is -0.497 e. The maximum absolute atomic E-state index is 12.5. The molecule has 8 nitrogen and oxygen atoms in total. The number of carbonyl (C=O) groups is 1. The molecule has 4 rings (SSSR count). The van der Waals surface area contributed by atoms with Crippen molar-refractivity contribution in [1.82, 2.24) is 24.0 Å². The van der Waals surface area contributed by atoms with E-state index in [9.17, 15) is 4.79 Å². The summed E-state index contributed by atoms with van der Waals surface area (Å²) in [4.78, 5) is 18.7. The third-order valence-electron chi connectivity index (χ3n) is 4.32. The van der Waals surface area contributed by atoms with E-state index in [-0.39, 0.29) is 12.1 Å². The number of amides is 2. The predicted molar refractivity (Wildman–Crippen MR) is 98.4 cm³/mol. The summed E-state index contributed by atoms with van der Waals surface area (Å²) in [7, 11) is 1.62. The van der Waals surface area contributed by atoms with Crippen LogP contribution in [0.5, 0.6) is 5.75 Å². The normalized spacial score (nSPS) is 16.7. The fraction of sp³-hybridized carbons (Fsp3) is 0.294. The van der Waals surface area contributed by atoms with Crippen molar-refractivity contribution in [2.75, 3.05) is 25.5 Å². The van der Waals surface area contributed by atoms with Crippen molar-refractivity contribution in [1.29, 1.82) is 0 Å². The molecule has 0 saturated carbocycles. The van der Waals surface area contributed by atoms with E-state index in [1.54, 1.807) is 18.2 Å². The van der Waals surface area contributed by atoms with Crippen molar-refractivity contribution < 1.29 is 9.53 Å². The van der Waals surface area contributed by atoms with Crippen LogP contribution in [0.4, 0.5) is 9.93 Å². The lowest BCUT2D eigenvalue weighted by Gasteiger charge is -2.16. The van der Waals surface area contributed by atoms with Crippen LogP contribution >= 0.6 is 11.5 Å². The summed E-state index contributed by atoms with van der Waals surface area (Å²) in [5, 5.41) is 7.58.